The van der Waals surface area contributed by atoms with Crippen molar-refractivity contribution in [3.63, 3.8) is 0 Å². The van der Waals surface area contributed by atoms with Crippen molar-refractivity contribution in [1.82, 2.24) is 4.98 Å². The predicted octanol–water partition coefficient (Wildman–Crippen LogP) is 4.23. The molecule has 1 heterocycles. The van der Waals surface area contributed by atoms with E-state index in [1.54, 1.807) is 6.20 Å². The van der Waals surface area contributed by atoms with E-state index in [0.29, 0.717) is 15.5 Å². The number of aromatic hydroxyl groups is 1. The molecule has 2 aromatic rings. The van der Waals surface area contributed by atoms with E-state index in [1.165, 1.54) is 0 Å². The molecule has 0 aliphatic rings. The number of phenolic OH excluding ortho intramolecular Hbond substituents is 1. The molecule has 0 saturated heterocycles. The molecule has 3 nitrogen and oxygen atoms in total. The fourth-order valence-corrected chi connectivity index (χ4v) is 2.87. The van der Waals surface area contributed by atoms with Crippen LogP contribution in [0, 0.1) is 6.92 Å². The van der Waals surface area contributed by atoms with Gasteiger partial charge in [0.15, 0.2) is 0 Å². The summed E-state index contributed by atoms with van der Waals surface area (Å²) in [6.45, 7) is 2.63. The summed E-state index contributed by atoms with van der Waals surface area (Å²) in [7, 11) is 0. The highest BCUT2D eigenvalue weighted by atomic mass is 79.9. The molecule has 5 heteroatoms. The molecule has 0 bridgehead atoms. The van der Waals surface area contributed by atoms with Crippen LogP contribution in [0.5, 0.6) is 5.75 Å². The molecular weight excluding hydrogens is 360 g/mol. The van der Waals surface area contributed by atoms with E-state index in [9.17, 15) is 5.11 Å². The number of phenols is 1. The molecule has 0 unspecified atom stereocenters. The summed E-state index contributed by atoms with van der Waals surface area (Å²) in [5.41, 5.74) is 3.04. The molecule has 0 saturated carbocycles. The summed E-state index contributed by atoms with van der Waals surface area (Å²) in [5, 5.41) is 13.0. The lowest BCUT2D eigenvalue weighted by Gasteiger charge is -2.10. The van der Waals surface area contributed by atoms with Crippen LogP contribution >= 0.6 is 31.9 Å². The zero-order chi connectivity index (χ0) is 13.1. The van der Waals surface area contributed by atoms with Crippen LogP contribution in [0.4, 0.5) is 5.69 Å². The first-order valence-electron chi connectivity index (χ1n) is 5.40. The van der Waals surface area contributed by atoms with Gasteiger partial charge in [0.05, 0.1) is 20.3 Å². The Morgan fingerprint density at radius 2 is 1.94 bits per heavy atom. The van der Waals surface area contributed by atoms with E-state index in [4.69, 9.17) is 0 Å². The standard InChI is InChI=1S/C13H12Br2N2O/c1-8-12(3-2-4-16-8)17-7-9-5-10(14)13(18)11(15)6-9/h2-6,17-18H,7H2,1H3. The lowest BCUT2D eigenvalue weighted by atomic mass is 10.2. The molecule has 0 atom stereocenters. The fraction of sp³-hybridized carbons (Fsp3) is 0.154. The molecular formula is C13H12Br2N2O. The molecule has 0 aliphatic heterocycles. The number of halogens is 2. The Morgan fingerprint density at radius 1 is 1.28 bits per heavy atom. The van der Waals surface area contributed by atoms with Crippen molar-refractivity contribution in [3.05, 3.63) is 50.7 Å². The van der Waals surface area contributed by atoms with Crippen molar-refractivity contribution < 1.29 is 5.11 Å². The quantitative estimate of drug-likeness (QED) is 0.848. The first kappa shape index (κ1) is 13.4. The Bertz CT molecular complexity index is 550. The Balaban J connectivity index is 2.14. The molecule has 1 aromatic heterocycles. The zero-order valence-electron chi connectivity index (χ0n) is 9.74. The molecule has 0 amide bonds. The van der Waals surface area contributed by atoms with Crippen molar-refractivity contribution in [2.75, 3.05) is 5.32 Å². The zero-order valence-corrected chi connectivity index (χ0v) is 12.9. The van der Waals surface area contributed by atoms with Crippen molar-refractivity contribution in [2.45, 2.75) is 13.5 Å². The molecule has 1 aromatic carbocycles. The Labute approximate surface area is 123 Å². The molecule has 94 valence electrons. The second kappa shape index (κ2) is 5.71. The second-order valence-electron chi connectivity index (χ2n) is 3.90. The number of nitrogens with zero attached hydrogens (tertiary/aromatic N) is 1. The smallest absolute Gasteiger partial charge is 0.143 e. The van der Waals surface area contributed by atoms with Crippen LogP contribution in [0.25, 0.3) is 0 Å². The Kier molecular flexibility index (Phi) is 4.24. The van der Waals surface area contributed by atoms with Gasteiger partial charge >= 0.3 is 0 Å². The number of pyridine rings is 1. The van der Waals surface area contributed by atoms with Crippen LogP contribution in [0.3, 0.4) is 0 Å². The third-order valence-corrected chi connectivity index (χ3v) is 3.78. The van der Waals surface area contributed by atoms with Gasteiger partial charge in [-0.3, -0.25) is 4.98 Å². The minimum atomic E-state index is 0.219. The monoisotopic (exact) mass is 370 g/mol. The summed E-state index contributed by atoms with van der Waals surface area (Å²) >= 11 is 6.63. The minimum Gasteiger partial charge on any atom is -0.506 e. The third-order valence-electron chi connectivity index (χ3n) is 2.57. The molecule has 0 aliphatic carbocycles. The van der Waals surface area contributed by atoms with Crippen molar-refractivity contribution >= 4 is 37.5 Å². The van der Waals surface area contributed by atoms with Gasteiger partial charge in [-0.15, -0.1) is 0 Å². The molecule has 0 spiro atoms. The highest BCUT2D eigenvalue weighted by Crippen LogP contribution is 2.33. The van der Waals surface area contributed by atoms with Gasteiger partial charge in [-0.05, 0) is 68.6 Å². The van der Waals surface area contributed by atoms with Crippen LogP contribution in [0.1, 0.15) is 11.3 Å². The number of aryl methyl sites for hydroxylation is 1. The van der Waals surface area contributed by atoms with Crippen LogP contribution < -0.4 is 5.32 Å². The molecule has 18 heavy (non-hydrogen) atoms. The largest absolute Gasteiger partial charge is 0.506 e. The number of hydrogen-bond acceptors (Lipinski definition) is 3. The first-order chi connectivity index (χ1) is 8.58. The van der Waals surface area contributed by atoms with Crippen LogP contribution in [0.2, 0.25) is 0 Å². The number of hydrogen-bond donors (Lipinski definition) is 2. The molecule has 0 radical (unpaired) electrons. The van der Waals surface area contributed by atoms with Gasteiger partial charge in [0.1, 0.15) is 5.75 Å². The second-order valence-corrected chi connectivity index (χ2v) is 5.61. The lowest BCUT2D eigenvalue weighted by Crippen LogP contribution is -2.02. The van der Waals surface area contributed by atoms with E-state index in [1.807, 2.05) is 31.2 Å². The van der Waals surface area contributed by atoms with Crippen molar-refractivity contribution in [1.29, 1.82) is 0 Å². The average molecular weight is 372 g/mol. The fourth-order valence-electron chi connectivity index (χ4n) is 1.59. The summed E-state index contributed by atoms with van der Waals surface area (Å²) < 4.78 is 1.35. The Morgan fingerprint density at radius 3 is 2.56 bits per heavy atom. The number of aromatic nitrogens is 1. The van der Waals surface area contributed by atoms with E-state index in [0.717, 1.165) is 16.9 Å². The van der Waals surface area contributed by atoms with Gasteiger partial charge in [-0.2, -0.15) is 0 Å². The van der Waals surface area contributed by atoms with Crippen molar-refractivity contribution in [3.8, 4) is 5.75 Å². The normalized spacial score (nSPS) is 10.4. The SMILES string of the molecule is Cc1ncccc1NCc1cc(Br)c(O)c(Br)c1. The molecule has 0 fully saturated rings. The van der Waals surface area contributed by atoms with E-state index >= 15 is 0 Å². The number of anilines is 1. The summed E-state index contributed by atoms with van der Waals surface area (Å²) in [4.78, 5) is 4.22. The topological polar surface area (TPSA) is 45.2 Å². The van der Waals surface area contributed by atoms with Gasteiger partial charge < -0.3 is 10.4 Å². The highest BCUT2D eigenvalue weighted by molar-refractivity contribution is 9.11. The van der Waals surface area contributed by atoms with E-state index in [2.05, 4.69) is 42.2 Å². The van der Waals surface area contributed by atoms with Crippen molar-refractivity contribution in [2.24, 2.45) is 0 Å². The van der Waals surface area contributed by atoms with E-state index < -0.39 is 0 Å². The highest BCUT2D eigenvalue weighted by Gasteiger charge is 2.06. The maximum Gasteiger partial charge on any atom is 0.143 e. The van der Waals surface area contributed by atoms with Gasteiger partial charge in [-0.25, -0.2) is 0 Å². The van der Waals surface area contributed by atoms with Crippen LogP contribution in [-0.2, 0) is 6.54 Å². The molecule has 2 N–H and O–H groups in total. The summed E-state index contributed by atoms with van der Waals surface area (Å²) in [5.74, 6) is 0.219. The number of rotatable bonds is 3. The maximum absolute atomic E-state index is 9.64. The van der Waals surface area contributed by atoms with Gasteiger partial charge in [0, 0.05) is 12.7 Å². The van der Waals surface area contributed by atoms with Gasteiger partial charge in [-0.1, -0.05) is 0 Å². The summed E-state index contributed by atoms with van der Waals surface area (Å²) in [6, 6.07) is 7.67. The average Bonchev–Trinajstić information content (AvgIpc) is 2.35. The van der Waals surface area contributed by atoms with Gasteiger partial charge in [0.25, 0.3) is 0 Å². The maximum atomic E-state index is 9.64. The number of nitrogens with one attached hydrogen (secondary N) is 1. The van der Waals surface area contributed by atoms with E-state index in [-0.39, 0.29) is 5.75 Å². The predicted molar refractivity (Wildman–Crippen MR) is 79.8 cm³/mol. The summed E-state index contributed by atoms with van der Waals surface area (Å²) in [6.07, 6.45) is 1.77. The Hall–Kier alpha value is -1.07. The molecule has 2 rings (SSSR count). The lowest BCUT2D eigenvalue weighted by molar-refractivity contribution is 0.468. The first-order valence-corrected chi connectivity index (χ1v) is 6.99. The third kappa shape index (κ3) is 3.03. The number of benzene rings is 1. The van der Waals surface area contributed by atoms with Crippen LogP contribution in [0.15, 0.2) is 39.4 Å². The van der Waals surface area contributed by atoms with Gasteiger partial charge in [0.2, 0.25) is 0 Å². The van der Waals surface area contributed by atoms with Crippen LogP contribution in [-0.4, -0.2) is 10.1 Å². The minimum absolute atomic E-state index is 0.219.